The summed E-state index contributed by atoms with van der Waals surface area (Å²) in [6.45, 7) is 0.351. The molecule has 0 spiro atoms. The van der Waals surface area contributed by atoms with Crippen LogP contribution in [0.1, 0.15) is 6.42 Å². The number of hydrogen-bond donors (Lipinski definition) is 0. The van der Waals surface area contributed by atoms with Crippen molar-refractivity contribution in [2.45, 2.75) is 16.8 Å². The Balaban J connectivity index is 1.89. The van der Waals surface area contributed by atoms with E-state index >= 15 is 0 Å². The third-order valence-corrected chi connectivity index (χ3v) is 5.97. The van der Waals surface area contributed by atoms with Gasteiger partial charge in [-0.2, -0.15) is 0 Å². The van der Waals surface area contributed by atoms with E-state index in [-0.39, 0.29) is 11.7 Å². The normalized spacial score (nSPS) is 15.6. The van der Waals surface area contributed by atoms with Crippen molar-refractivity contribution >= 4 is 17.7 Å². The molecule has 1 atom stereocenters. The third kappa shape index (κ3) is 3.90. The molecular weight excluding hydrogens is 425 g/mol. The van der Waals surface area contributed by atoms with Gasteiger partial charge >= 0.3 is 5.97 Å². The van der Waals surface area contributed by atoms with Crippen molar-refractivity contribution in [1.29, 1.82) is 0 Å². The Kier molecular flexibility index (Phi) is 5.99. The van der Waals surface area contributed by atoms with Crippen LogP contribution in [0.25, 0.3) is 17.1 Å². The lowest BCUT2D eigenvalue weighted by molar-refractivity contribution is -0.137. The summed E-state index contributed by atoms with van der Waals surface area (Å²) in [5, 5.41) is 8.49. The second-order valence-corrected chi connectivity index (χ2v) is 7.74. The van der Waals surface area contributed by atoms with E-state index in [2.05, 4.69) is 10.2 Å². The lowest BCUT2D eigenvalue weighted by atomic mass is 10.1. The molecule has 0 radical (unpaired) electrons. The molecule has 2 heterocycles. The van der Waals surface area contributed by atoms with Crippen molar-refractivity contribution in [1.82, 2.24) is 14.8 Å². The molecule has 1 aromatic heterocycles. The maximum atomic E-state index is 14.8. The fraction of sp³-hybridized carbons (Fsp3) is 0.286. The van der Waals surface area contributed by atoms with Crippen molar-refractivity contribution in [3.8, 4) is 34.3 Å². The highest BCUT2D eigenvalue weighted by atomic mass is 32.2. The molecule has 1 aliphatic heterocycles. The summed E-state index contributed by atoms with van der Waals surface area (Å²) in [5.41, 5.74) is 0.830. The number of halogens is 1. The van der Waals surface area contributed by atoms with Crippen LogP contribution >= 0.6 is 11.8 Å². The highest BCUT2D eigenvalue weighted by molar-refractivity contribution is 8.00. The first-order chi connectivity index (χ1) is 15.1. The molecule has 0 amide bonds. The standard InChI is InChI=1S/C21H20FN3O5S/c1-27-15-10-12(11-16(28-2)18(15)29-3)19-23-24-21(31-17-8-9-30-20(17)26)25(19)14-7-5-4-6-13(14)22/h4-7,10-11,17H,8-9H2,1-3H3. The Morgan fingerprint density at radius 2 is 1.81 bits per heavy atom. The first-order valence-electron chi connectivity index (χ1n) is 9.41. The average Bonchev–Trinajstić information content (AvgIpc) is 3.39. The number of esters is 1. The Morgan fingerprint density at radius 1 is 1.10 bits per heavy atom. The van der Waals surface area contributed by atoms with E-state index in [1.54, 1.807) is 34.9 Å². The SMILES string of the molecule is COc1cc(-c2nnc(SC3CCOC3=O)n2-c2ccccc2F)cc(OC)c1OC. The van der Waals surface area contributed by atoms with Crippen LogP contribution in [0, 0.1) is 5.82 Å². The minimum Gasteiger partial charge on any atom is -0.493 e. The smallest absolute Gasteiger partial charge is 0.319 e. The second-order valence-electron chi connectivity index (χ2n) is 6.57. The van der Waals surface area contributed by atoms with E-state index in [4.69, 9.17) is 18.9 Å². The summed E-state index contributed by atoms with van der Waals surface area (Å²) in [7, 11) is 4.53. The van der Waals surface area contributed by atoms with Gasteiger partial charge in [0.05, 0.1) is 33.6 Å². The van der Waals surface area contributed by atoms with Gasteiger partial charge in [0, 0.05) is 12.0 Å². The van der Waals surface area contributed by atoms with Crippen molar-refractivity contribution in [2.24, 2.45) is 0 Å². The summed E-state index contributed by atoms with van der Waals surface area (Å²) in [4.78, 5) is 12.0. The minimum absolute atomic E-state index is 0.255. The van der Waals surface area contributed by atoms with Gasteiger partial charge < -0.3 is 18.9 Å². The van der Waals surface area contributed by atoms with Gasteiger partial charge in [0.1, 0.15) is 11.1 Å². The number of rotatable bonds is 7. The van der Waals surface area contributed by atoms with Gasteiger partial charge in [-0.1, -0.05) is 23.9 Å². The zero-order valence-corrected chi connectivity index (χ0v) is 17.9. The van der Waals surface area contributed by atoms with Crippen molar-refractivity contribution in [3.05, 3.63) is 42.2 Å². The maximum Gasteiger partial charge on any atom is 0.319 e. The first-order valence-corrected chi connectivity index (χ1v) is 10.3. The van der Waals surface area contributed by atoms with Crippen molar-refractivity contribution in [3.63, 3.8) is 0 Å². The number of carbonyl (C=O) groups excluding carboxylic acids is 1. The van der Waals surface area contributed by atoms with Gasteiger partial charge in [0.15, 0.2) is 22.5 Å². The molecule has 3 aromatic rings. The molecule has 4 rings (SSSR count). The van der Waals surface area contributed by atoms with Crippen LogP contribution in [-0.2, 0) is 9.53 Å². The molecule has 1 fully saturated rings. The van der Waals surface area contributed by atoms with Gasteiger partial charge in [-0.05, 0) is 24.3 Å². The molecule has 31 heavy (non-hydrogen) atoms. The predicted molar refractivity (Wildman–Crippen MR) is 112 cm³/mol. The van der Waals surface area contributed by atoms with Crippen molar-refractivity contribution in [2.75, 3.05) is 27.9 Å². The Hall–Kier alpha value is -3.27. The molecular formula is C21H20FN3O5S. The molecule has 1 aliphatic rings. The molecule has 10 heteroatoms. The number of carbonyl (C=O) groups is 1. The Bertz CT molecular complexity index is 1100. The van der Waals surface area contributed by atoms with Crippen LogP contribution in [0.2, 0.25) is 0 Å². The van der Waals surface area contributed by atoms with Gasteiger partial charge in [-0.25, -0.2) is 4.39 Å². The number of benzene rings is 2. The first kappa shape index (κ1) is 21.0. The topological polar surface area (TPSA) is 84.7 Å². The van der Waals surface area contributed by atoms with Gasteiger partial charge in [-0.3, -0.25) is 9.36 Å². The monoisotopic (exact) mass is 445 g/mol. The fourth-order valence-corrected chi connectivity index (χ4v) is 4.32. The number of aromatic nitrogens is 3. The molecule has 162 valence electrons. The number of thioether (sulfide) groups is 1. The number of ether oxygens (including phenoxy) is 4. The quantitative estimate of drug-likeness (QED) is 0.511. The van der Waals surface area contributed by atoms with E-state index < -0.39 is 11.1 Å². The van der Waals surface area contributed by atoms with Crippen LogP contribution in [0.5, 0.6) is 17.2 Å². The molecule has 0 aliphatic carbocycles. The molecule has 1 saturated heterocycles. The van der Waals surface area contributed by atoms with Gasteiger partial charge in [0.25, 0.3) is 0 Å². The highest BCUT2D eigenvalue weighted by Crippen LogP contribution is 2.42. The van der Waals surface area contributed by atoms with Gasteiger partial charge in [-0.15, -0.1) is 10.2 Å². The van der Waals surface area contributed by atoms with E-state index in [9.17, 15) is 9.18 Å². The van der Waals surface area contributed by atoms with Crippen LogP contribution in [0.3, 0.4) is 0 Å². The number of nitrogens with zero attached hydrogens (tertiary/aromatic N) is 3. The van der Waals surface area contributed by atoms with E-state index in [1.807, 2.05) is 0 Å². The molecule has 8 nitrogen and oxygen atoms in total. The lowest BCUT2D eigenvalue weighted by Crippen LogP contribution is -2.11. The number of para-hydroxylation sites is 1. The van der Waals surface area contributed by atoms with Gasteiger partial charge in [0.2, 0.25) is 5.75 Å². The number of cyclic esters (lactones) is 1. The largest absolute Gasteiger partial charge is 0.493 e. The highest BCUT2D eigenvalue weighted by Gasteiger charge is 2.31. The second kappa shape index (κ2) is 8.84. The lowest BCUT2D eigenvalue weighted by Gasteiger charge is -2.15. The summed E-state index contributed by atoms with van der Waals surface area (Å²) in [6, 6.07) is 9.71. The molecule has 1 unspecified atom stereocenters. The molecule has 2 aromatic carbocycles. The average molecular weight is 445 g/mol. The summed E-state index contributed by atoms with van der Waals surface area (Å²) < 4.78 is 37.7. The zero-order chi connectivity index (χ0) is 22.0. The summed E-state index contributed by atoms with van der Waals surface area (Å²) in [6.07, 6.45) is 0.549. The number of hydrogen-bond acceptors (Lipinski definition) is 8. The minimum atomic E-state index is -0.452. The van der Waals surface area contributed by atoms with E-state index in [0.29, 0.717) is 46.8 Å². The molecule has 0 saturated carbocycles. The third-order valence-electron chi connectivity index (χ3n) is 4.78. The summed E-state index contributed by atoms with van der Waals surface area (Å²) in [5.74, 6) is 0.864. The zero-order valence-electron chi connectivity index (χ0n) is 17.1. The number of methoxy groups -OCH3 is 3. The van der Waals surface area contributed by atoms with Crippen molar-refractivity contribution < 1.29 is 28.1 Å². The maximum absolute atomic E-state index is 14.8. The van der Waals surface area contributed by atoms with Crippen LogP contribution in [-0.4, -0.2) is 53.9 Å². The molecule has 0 N–H and O–H groups in total. The van der Waals surface area contributed by atoms with E-state index in [1.165, 1.54) is 39.2 Å². The molecule has 0 bridgehead atoms. The predicted octanol–water partition coefficient (Wildman–Crippen LogP) is 3.51. The van der Waals surface area contributed by atoms with Crippen LogP contribution in [0.4, 0.5) is 4.39 Å². The van der Waals surface area contributed by atoms with E-state index in [0.717, 1.165) is 0 Å². The Morgan fingerprint density at radius 3 is 2.39 bits per heavy atom. The Labute approximate surface area is 182 Å². The van der Waals surface area contributed by atoms with Crippen LogP contribution in [0.15, 0.2) is 41.6 Å². The van der Waals surface area contributed by atoms with Crippen LogP contribution < -0.4 is 14.2 Å². The summed E-state index contributed by atoms with van der Waals surface area (Å²) >= 11 is 1.19. The fourth-order valence-electron chi connectivity index (χ4n) is 3.31.